The van der Waals surface area contributed by atoms with E-state index in [0.29, 0.717) is 0 Å². The Morgan fingerprint density at radius 3 is 2.00 bits per heavy atom. The van der Waals surface area contributed by atoms with E-state index in [1.54, 1.807) is 13.8 Å². The molecule has 0 spiro atoms. The highest BCUT2D eigenvalue weighted by Crippen LogP contribution is 2.16. The minimum absolute atomic E-state index is 0.0555. The van der Waals surface area contributed by atoms with Crippen LogP contribution in [0.1, 0.15) is 65.7 Å². The summed E-state index contributed by atoms with van der Waals surface area (Å²) in [5.41, 5.74) is 0. The quantitative estimate of drug-likeness (QED) is 0.304. The van der Waals surface area contributed by atoms with Crippen molar-refractivity contribution in [2.24, 2.45) is 5.92 Å². The number of hydrogen-bond acceptors (Lipinski definition) is 2. The Labute approximate surface area is 128 Å². The van der Waals surface area contributed by atoms with Crippen molar-refractivity contribution in [1.82, 2.24) is 0 Å². The number of hydrogen-bond donors (Lipinski definition) is 2. The van der Waals surface area contributed by atoms with Crippen LogP contribution in [0.3, 0.4) is 0 Å². The second-order valence-electron chi connectivity index (χ2n) is 5.83. The molecule has 3 heteroatoms. The molecule has 0 aromatic carbocycles. The van der Waals surface area contributed by atoms with Crippen LogP contribution in [-0.2, 0) is 0 Å². The monoisotopic (exact) mass is 298 g/mol. The maximum Gasteiger partial charge on any atom is 0.0561 e. The van der Waals surface area contributed by atoms with Crippen LogP contribution in [0.15, 0.2) is 12.2 Å². The number of rotatable bonds is 13. The summed E-state index contributed by atoms with van der Waals surface area (Å²) in [6, 6.07) is 2.23. The van der Waals surface area contributed by atoms with Crippen LogP contribution in [-0.4, -0.2) is 31.9 Å². The fraction of sp³-hybridized carbons (Fsp3) is 0.882. The lowest BCUT2D eigenvalue weighted by molar-refractivity contribution is 0.0421. The molecular formula is C17H34O2Si. The molecule has 20 heavy (non-hydrogen) atoms. The first kappa shape index (κ1) is 19.9. The Balaban J connectivity index is 3.31. The zero-order valence-corrected chi connectivity index (χ0v) is 14.6. The lowest BCUT2D eigenvalue weighted by atomic mass is 10.0. The van der Waals surface area contributed by atoms with Crippen molar-refractivity contribution in [3.63, 3.8) is 0 Å². The Morgan fingerprint density at radius 2 is 1.45 bits per heavy atom. The van der Waals surface area contributed by atoms with Crippen LogP contribution in [0.4, 0.5) is 0 Å². The molecule has 0 fully saturated rings. The van der Waals surface area contributed by atoms with Crippen LogP contribution in [0, 0.1) is 5.92 Å². The first-order valence-electron chi connectivity index (χ1n) is 8.27. The van der Waals surface area contributed by atoms with E-state index in [0.717, 1.165) is 15.6 Å². The smallest absolute Gasteiger partial charge is 0.0561 e. The minimum atomic E-state index is -0.389. The molecule has 0 bridgehead atoms. The van der Waals surface area contributed by atoms with Gasteiger partial charge in [-0.15, -0.1) is 0 Å². The standard InChI is InChI=1S/C17H34O2Si/c1-4-5-6-7-8-9-10-11-12-13-20-14-17(15(2)18)16(3)19/h4-5,15-19H,6-14H2,1-3H3. The van der Waals surface area contributed by atoms with Crippen LogP contribution in [0.5, 0.6) is 0 Å². The number of aliphatic hydroxyl groups is 2. The Hall–Kier alpha value is -0.123. The average Bonchev–Trinajstić information content (AvgIpc) is 2.39. The van der Waals surface area contributed by atoms with E-state index in [2.05, 4.69) is 19.1 Å². The summed E-state index contributed by atoms with van der Waals surface area (Å²) >= 11 is 0. The highest BCUT2D eigenvalue weighted by Gasteiger charge is 2.19. The van der Waals surface area contributed by atoms with Crippen molar-refractivity contribution >= 4 is 9.52 Å². The highest BCUT2D eigenvalue weighted by atomic mass is 28.2. The zero-order chi connectivity index (χ0) is 15.2. The van der Waals surface area contributed by atoms with Crippen LogP contribution in [0.2, 0.25) is 12.1 Å². The van der Waals surface area contributed by atoms with E-state index >= 15 is 0 Å². The highest BCUT2D eigenvalue weighted by molar-refractivity contribution is 6.35. The van der Waals surface area contributed by atoms with Crippen molar-refractivity contribution in [3.05, 3.63) is 12.2 Å². The maximum absolute atomic E-state index is 9.58. The predicted molar refractivity (Wildman–Crippen MR) is 89.4 cm³/mol. The summed E-state index contributed by atoms with van der Waals surface area (Å²) in [6.07, 6.45) is 12.9. The second-order valence-corrected chi connectivity index (χ2v) is 7.24. The Morgan fingerprint density at radius 1 is 0.900 bits per heavy atom. The third-order valence-corrected chi connectivity index (χ3v) is 5.30. The molecule has 0 heterocycles. The summed E-state index contributed by atoms with van der Waals surface area (Å²) < 4.78 is 0. The number of unbranched alkanes of at least 4 members (excludes halogenated alkanes) is 6. The predicted octanol–water partition coefficient (Wildman–Crippen LogP) is 4.21. The van der Waals surface area contributed by atoms with Gasteiger partial charge in [-0.1, -0.05) is 56.3 Å². The van der Waals surface area contributed by atoms with E-state index in [1.807, 2.05) is 0 Å². The summed E-state index contributed by atoms with van der Waals surface area (Å²) in [7, 11) is 0.881. The molecule has 0 aliphatic heterocycles. The van der Waals surface area contributed by atoms with Crippen LogP contribution >= 0.6 is 0 Å². The topological polar surface area (TPSA) is 40.5 Å². The fourth-order valence-corrected chi connectivity index (χ4v) is 4.12. The molecule has 0 aliphatic carbocycles. The molecule has 0 aromatic rings. The second kappa shape index (κ2) is 13.8. The van der Waals surface area contributed by atoms with E-state index in [4.69, 9.17) is 0 Å². The molecule has 2 atom stereocenters. The average molecular weight is 299 g/mol. The van der Waals surface area contributed by atoms with Gasteiger partial charge >= 0.3 is 0 Å². The van der Waals surface area contributed by atoms with Gasteiger partial charge in [0.05, 0.1) is 12.2 Å². The van der Waals surface area contributed by atoms with Gasteiger partial charge in [-0.25, -0.2) is 0 Å². The summed E-state index contributed by atoms with van der Waals surface area (Å²) in [6.45, 7) is 5.66. The van der Waals surface area contributed by atoms with Crippen molar-refractivity contribution in [1.29, 1.82) is 0 Å². The summed E-state index contributed by atoms with van der Waals surface area (Å²) in [5, 5.41) is 19.2. The van der Waals surface area contributed by atoms with Gasteiger partial charge in [0.1, 0.15) is 0 Å². The maximum atomic E-state index is 9.58. The third kappa shape index (κ3) is 11.7. The molecule has 2 radical (unpaired) electrons. The van der Waals surface area contributed by atoms with Gasteiger partial charge in [0, 0.05) is 15.4 Å². The number of allylic oxidation sites excluding steroid dienone is 2. The molecular weight excluding hydrogens is 264 g/mol. The minimum Gasteiger partial charge on any atom is -0.393 e. The van der Waals surface area contributed by atoms with Gasteiger partial charge in [0.25, 0.3) is 0 Å². The van der Waals surface area contributed by atoms with Gasteiger partial charge in [-0.2, -0.15) is 0 Å². The molecule has 0 amide bonds. The molecule has 0 rings (SSSR count). The van der Waals surface area contributed by atoms with E-state index < -0.39 is 0 Å². The van der Waals surface area contributed by atoms with Crippen LogP contribution < -0.4 is 0 Å². The molecule has 0 saturated heterocycles. The third-order valence-electron chi connectivity index (χ3n) is 3.83. The van der Waals surface area contributed by atoms with Gasteiger partial charge in [0.15, 0.2) is 0 Å². The zero-order valence-electron chi connectivity index (χ0n) is 13.6. The first-order chi connectivity index (χ1) is 9.59. The molecule has 2 nitrogen and oxygen atoms in total. The SMILES string of the molecule is CC=CCCCCCCCC[Si]CC(C(C)O)C(C)O. The van der Waals surface area contributed by atoms with Gasteiger partial charge < -0.3 is 10.2 Å². The Kier molecular flexibility index (Phi) is 13.8. The molecule has 0 aliphatic rings. The van der Waals surface area contributed by atoms with E-state index in [9.17, 15) is 10.2 Å². The molecule has 0 aromatic heterocycles. The van der Waals surface area contributed by atoms with Crippen molar-refractivity contribution < 1.29 is 10.2 Å². The molecule has 118 valence electrons. The fourth-order valence-electron chi connectivity index (χ4n) is 2.40. The lowest BCUT2D eigenvalue weighted by Gasteiger charge is -2.22. The molecule has 2 unspecified atom stereocenters. The van der Waals surface area contributed by atoms with Gasteiger partial charge in [-0.05, 0) is 33.6 Å². The van der Waals surface area contributed by atoms with Gasteiger partial charge in [0.2, 0.25) is 0 Å². The van der Waals surface area contributed by atoms with Crippen molar-refractivity contribution in [3.8, 4) is 0 Å². The Bertz CT molecular complexity index is 219. The van der Waals surface area contributed by atoms with E-state index in [-0.39, 0.29) is 18.1 Å². The summed E-state index contributed by atoms with van der Waals surface area (Å²) in [4.78, 5) is 0. The first-order valence-corrected chi connectivity index (χ1v) is 9.69. The number of aliphatic hydroxyl groups excluding tert-OH is 2. The molecule has 0 saturated carbocycles. The van der Waals surface area contributed by atoms with Crippen molar-refractivity contribution in [2.45, 2.75) is 90.0 Å². The normalized spacial score (nSPS) is 16.4. The van der Waals surface area contributed by atoms with Gasteiger partial charge in [-0.3, -0.25) is 0 Å². The molecule has 2 N–H and O–H groups in total. The summed E-state index contributed by atoms with van der Waals surface area (Å²) in [5.74, 6) is 0.0555. The van der Waals surface area contributed by atoms with Crippen molar-refractivity contribution in [2.75, 3.05) is 0 Å². The van der Waals surface area contributed by atoms with Crippen LogP contribution in [0.25, 0.3) is 0 Å². The largest absolute Gasteiger partial charge is 0.393 e. The lowest BCUT2D eigenvalue weighted by Crippen LogP contribution is -2.28. The van der Waals surface area contributed by atoms with E-state index in [1.165, 1.54) is 51.0 Å².